The molecular formula is C36H41F4N5O4. The molecule has 4 heterocycles. The van der Waals surface area contributed by atoms with E-state index in [1.54, 1.807) is 29.1 Å². The summed E-state index contributed by atoms with van der Waals surface area (Å²) in [7, 11) is 0. The van der Waals surface area contributed by atoms with Crippen molar-refractivity contribution in [1.82, 2.24) is 24.2 Å². The minimum Gasteiger partial charge on any atom is -0.481 e. The fourth-order valence-electron chi connectivity index (χ4n) is 6.69. The molecule has 4 aromatic rings. The van der Waals surface area contributed by atoms with E-state index in [-0.39, 0.29) is 36.8 Å². The van der Waals surface area contributed by atoms with E-state index in [9.17, 15) is 37.1 Å². The number of nitrogens with one attached hydrogen (secondary N) is 1. The number of amides is 1. The van der Waals surface area contributed by atoms with Gasteiger partial charge in [-0.05, 0) is 66.5 Å². The zero-order chi connectivity index (χ0) is 35.6. The average molecular weight is 684 g/mol. The van der Waals surface area contributed by atoms with Gasteiger partial charge in [-0.1, -0.05) is 32.0 Å². The van der Waals surface area contributed by atoms with E-state index < -0.39 is 54.4 Å². The number of carbonyl (C=O) groups excluding carboxylic acids is 1. The summed E-state index contributed by atoms with van der Waals surface area (Å²) >= 11 is 0. The molecule has 1 aliphatic heterocycles. The van der Waals surface area contributed by atoms with Crippen molar-refractivity contribution in [3.63, 3.8) is 0 Å². The van der Waals surface area contributed by atoms with Crippen LogP contribution in [0.3, 0.4) is 0 Å². The van der Waals surface area contributed by atoms with Crippen molar-refractivity contribution < 1.29 is 32.3 Å². The summed E-state index contributed by atoms with van der Waals surface area (Å²) in [6.45, 7) is 8.18. The summed E-state index contributed by atoms with van der Waals surface area (Å²) in [5.74, 6) is -2.16. The first-order valence-electron chi connectivity index (χ1n) is 16.3. The third-order valence-corrected chi connectivity index (χ3v) is 9.11. The molecule has 0 aliphatic carbocycles. The highest BCUT2D eigenvalue weighted by molar-refractivity contribution is 5.84. The fourth-order valence-corrected chi connectivity index (χ4v) is 6.69. The van der Waals surface area contributed by atoms with E-state index in [4.69, 9.17) is 0 Å². The van der Waals surface area contributed by atoms with Crippen LogP contribution in [0.25, 0.3) is 16.8 Å². The Morgan fingerprint density at radius 2 is 1.80 bits per heavy atom. The molecular weight excluding hydrogens is 642 g/mol. The van der Waals surface area contributed by atoms with Crippen molar-refractivity contribution in [2.24, 2.45) is 11.8 Å². The van der Waals surface area contributed by atoms with Crippen LogP contribution in [0.4, 0.5) is 17.6 Å². The Morgan fingerprint density at radius 3 is 2.41 bits per heavy atom. The number of alkyl halides is 4. The van der Waals surface area contributed by atoms with Crippen molar-refractivity contribution in [1.29, 1.82) is 0 Å². The second-order valence-electron chi connectivity index (χ2n) is 13.4. The Hall–Kier alpha value is -4.52. The van der Waals surface area contributed by atoms with Gasteiger partial charge in [0, 0.05) is 62.0 Å². The number of aromatic nitrogens is 3. The maximum atomic E-state index is 14.1. The van der Waals surface area contributed by atoms with Gasteiger partial charge in [0.25, 0.3) is 5.56 Å². The minimum absolute atomic E-state index is 0.0577. The number of nitrogens with zero attached hydrogens (tertiary/aromatic N) is 4. The number of pyridine rings is 2. The molecule has 262 valence electrons. The van der Waals surface area contributed by atoms with Crippen LogP contribution >= 0.6 is 0 Å². The topological polar surface area (TPSA) is 109 Å². The SMILES string of the molecule is Cc1cccc(C)c1-c1cc([C@H](CC(=O)O)NC(=O)[C@@H](CC(C)C)n2cc(CCN3CC(CF)C3)c(C(F)(F)F)cc2=O)cn2ccnc12. The van der Waals surface area contributed by atoms with E-state index in [1.165, 1.54) is 0 Å². The van der Waals surface area contributed by atoms with Crippen molar-refractivity contribution in [3.05, 3.63) is 93.3 Å². The number of carboxylic acids is 1. The van der Waals surface area contributed by atoms with E-state index in [0.29, 0.717) is 30.4 Å². The van der Waals surface area contributed by atoms with Crippen molar-refractivity contribution >= 4 is 17.5 Å². The van der Waals surface area contributed by atoms with Crippen molar-refractivity contribution in [2.75, 3.05) is 26.3 Å². The first-order chi connectivity index (χ1) is 23.2. The number of likely N-dealkylation sites (tertiary alicyclic amines) is 1. The quantitative estimate of drug-likeness (QED) is 0.164. The summed E-state index contributed by atoms with van der Waals surface area (Å²) in [4.78, 5) is 45.9. The molecule has 1 fully saturated rings. The lowest BCUT2D eigenvalue weighted by Crippen LogP contribution is -2.48. The number of carboxylic acid groups (broad SMARTS) is 1. The Bertz CT molecular complexity index is 1870. The van der Waals surface area contributed by atoms with Gasteiger partial charge in [-0.3, -0.25) is 18.8 Å². The van der Waals surface area contributed by atoms with Crippen molar-refractivity contribution in [2.45, 2.75) is 65.2 Å². The lowest BCUT2D eigenvalue weighted by atomic mass is 9.93. The molecule has 1 amide bonds. The molecule has 2 N–H and O–H groups in total. The first kappa shape index (κ1) is 35.8. The van der Waals surface area contributed by atoms with Crippen LogP contribution in [0.15, 0.2) is 59.9 Å². The molecule has 3 aromatic heterocycles. The summed E-state index contributed by atoms with van der Waals surface area (Å²) in [5.41, 5.74) is 2.51. The molecule has 5 rings (SSSR count). The number of rotatable bonds is 13. The van der Waals surface area contributed by atoms with Crippen LogP contribution in [0.5, 0.6) is 0 Å². The van der Waals surface area contributed by atoms with Gasteiger partial charge in [-0.2, -0.15) is 13.2 Å². The van der Waals surface area contributed by atoms with Gasteiger partial charge in [0.1, 0.15) is 11.7 Å². The monoisotopic (exact) mass is 683 g/mol. The van der Waals surface area contributed by atoms with Gasteiger partial charge >= 0.3 is 12.1 Å². The second-order valence-corrected chi connectivity index (χ2v) is 13.4. The third-order valence-electron chi connectivity index (χ3n) is 9.11. The highest BCUT2D eigenvalue weighted by atomic mass is 19.4. The van der Waals surface area contributed by atoms with Gasteiger partial charge < -0.3 is 24.3 Å². The molecule has 0 radical (unpaired) electrons. The molecule has 1 saturated heterocycles. The van der Waals surface area contributed by atoms with Gasteiger partial charge in [0.15, 0.2) is 0 Å². The summed E-state index contributed by atoms with van der Waals surface area (Å²) < 4.78 is 58.0. The van der Waals surface area contributed by atoms with Crippen LogP contribution in [0, 0.1) is 25.7 Å². The van der Waals surface area contributed by atoms with Crippen molar-refractivity contribution in [3.8, 4) is 11.1 Å². The number of benzene rings is 1. The lowest BCUT2D eigenvalue weighted by Gasteiger charge is -2.38. The Labute approximate surface area is 281 Å². The number of aliphatic carboxylic acids is 1. The van der Waals surface area contributed by atoms with Crippen LogP contribution in [0.1, 0.15) is 66.6 Å². The molecule has 2 atom stereocenters. The number of imidazole rings is 1. The molecule has 0 spiro atoms. The van der Waals surface area contributed by atoms with E-state index in [0.717, 1.165) is 33.0 Å². The molecule has 0 bridgehead atoms. The number of hydrogen-bond acceptors (Lipinski definition) is 5. The fraction of sp³-hybridized carbons (Fsp3) is 0.444. The zero-order valence-electron chi connectivity index (χ0n) is 27.9. The third kappa shape index (κ3) is 8.04. The molecule has 49 heavy (non-hydrogen) atoms. The smallest absolute Gasteiger partial charge is 0.416 e. The van der Waals surface area contributed by atoms with Crippen LogP contribution in [0.2, 0.25) is 0 Å². The van der Waals surface area contributed by atoms with Crippen LogP contribution in [-0.2, 0) is 22.2 Å². The molecule has 9 nitrogen and oxygen atoms in total. The number of hydrogen-bond donors (Lipinski definition) is 2. The van der Waals surface area contributed by atoms with Crippen LogP contribution in [-0.4, -0.2) is 62.1 Å². The number of fused-ring (bicyclic) bond motifs is 1. The van der Waals surface area contributed by atoms with Gasteiger partial charge in [0.2, 0.25) is 5.91 Å². The van der Waals surface area contributed by atoms with E-state index in [2.05, 4.69) is 10.3 Å². The number of carbonyl (C=O) groups is 2. The highest BCUT2D eigenvalue weighted by Crippen LogP contribution is 2.35. The molecule has 13 heteroatoms. The molecule has 1 aromatic carbocycles. The Morgan fingerprint density at radius 1 is 1.10 bits per heavy atom. The van der Waals surface area contributed by atoms with Gasteiger partial charge in [-0.25, -0.2) is 4.98 Å². The van der Waals surface area contributed by atoms with Gasteiger partial charge in [0.05, 0.1) is 24.7 Å². The zero-order valence-corrected chi connectivity index (χ0v) is 27.9. The Balaban J connectivity index is 1.53. The normalized spacial score (nSPS) is 15.4. The molecule has 1 aliphatic rings. The number of aryl methyl sites for hydroxylation is 2. The standard InChI is InChI=1S/C36H41F4N5O4/c1-21(2)12-30(45-20-25(8-10-43-17-24(16-37)18-43)28(14-31(45)46)36(38,39)40)35(49)42-29(15-32(47)48)26-13-27(34-41-9-11-44(34)19-26)33-22(3)6-5-7-23(33)4/h5-7,9,11,13-14,19-21,24,29-30H,8,10,12,15-18H2,1-4H3,(H,42,49)(H,47,48)/t29-,30+/m0/s1. The summed E-state index contributed by atoms with van der Waals surface area (Å²) in [6, 6.07) is 5.91. The highest BCUT2D eigenvalue weighted by Gasteiger charge is 2.36. The molecule has 0 saturated carbocycles. The Kier molecular flexibility index (Phi) is 10.6. The second kappa shape index (κ2) is 14.5. The number of halogens is 4. The summed E-state index contributed by atoms with van der Waals surface area (Å²) in [5, 5.41) is 12.7. The summed E-state index contributed by atoms with van der Waals surface area (Å²) in [6.07, 6.45) is 0.894. The predicted molar refractivity (Wildman–Crippen MR) is 177 cm³/mol. The maximum Gasteiger partial charge on any atom is 0.416 e. The first-order valence-corrected chi connectivity index (χ1v) is 16.3. The van der Waals surface area contributed by atoms with Crippen LogP contribution < -0.4 is 10.9 Å². The van der Waals surface area contributed by atoms with Gasteiger partial charge in [-0.15, -0.1) is 0 Å². The predicted octanol–water partition coefficient (Wildman–Crippen LogP) is 6.16. The minimum atomic E-state index is -4.80. The largest absolute Gasteiger partial charge is 0.481 e. The maximum absolute atomic E-state index is 14.1. The lowest BCUT2D eigenvalue weighted by molar-refractivity contribution is -0.139. The van der Waals surface area contributed by atoms with E-state index in [1.807, 2.05) is 50.8 Å². The van der Waals surface area contributed by atoms with E-state index >= 15 is 0 Å². The molecule has 0 unspecified atom stereocenters. The average Bonchev–Trinajstić information content (AvgIpc) is 3.47.